The fourth-order valence-electron chi connectivity index (χ4n) is 2.84. The number of nitro benzene ring substituents is 1. The number of nitrogens with zero attached hydrogens (tertiary/aromatic N) is 4. The maximum absolute atomic E-state index is 12.4. The highest BCUT2D eigenvalue weighted by Crippen LogP contribution is 2.25. The number of halogens is 1. The number of nitrogens with one attached hydrogen (secondary N) is 1. The Morgan fingerprint density at radius 1 is 1.19 bits per heavy atom. The lowest BCUT2D eigenvalue weighted by Gasteiger charge is -2.09. The molecule has 0 atom stereocenters. The second kappa shape index (κ2) is 8.92. The van der Waals surface area contributed by atoms with Gasteiger partial charge in [0.1, 0.15) is 5.69 Å². The molecule has 0 radical (unpaired) electrons. The Labute approximate surface area is 182 Å². The SMILES string of the molecule is Cc1ccc(NC(=O)COC(=O)c2nc(-n3nc(C)cc3C)ccc2Cl)c([N+](=O)[O-])c1. The molecule has 3 rings (SSSR count). The molecule has 0 spiro atoms. The first kappa shape index (κ1) is 21.9. The van der Waals surface area contributed by atoms with Crippen LogP contribution < -0.4 is 5.32 Å². The van der Waals surface area contributed by atoms with Crippen LogP contribution in [0.4, 0.5) is 11.4 Å². The summed E-state index contributed by atoms with van der Waals surface area (Å²) in [6.45, 7) is 4.68. The Morgan fingerprint density at radius 3 is 2.58 bits per heavy atom. The summed E-state index contributed by atoms with van der Waals surface area (Å²) < 4.78 is 6.54. The topological polar surface area (TPSA) is 129 Å². The second-order valence-electron chi connectivity index (χ2n) is 6.74. The minimum atomic E-state index is -0.915. The summed E-state index contributed by atoms with van der Waals surface area (Å²) in [6, 6.07) is 9.28. The maximum Gasteiger partial charge on any atom is 0.359 e. The monoisotopic (exact) mass is 443 g/mol. The molecule has 0 aliphatic carbocycles. The van der Waals surface area contributed by atoms with E-state index in [0.29, 0.717) is 11.4 Å². The van der Waals surface area contributed by atoms with Gasteiger partial charge in [0, 0.05) is 11.8 Å². The van der Waals surface area contributed by atoms with Crippen molar-refractivity contribution in [2.75, 3.05) is 11.9 Å². The molecule has 3 aromatic rings. The van der Waals surface area contributed by atoms with Crippen LogP contribution in [0.3, 0.4) is 0 Å². The first-order valence-corrected chi connectivity index (χ1v) is 9.45. The van der Waals surface area contributed by atoms with Gasteiger partial charge >= 0.3 is 5.97 Å². The number of pyridine rings is 1. The number of hydrogen-bond donors (Lipinski definition) is 1. The van der Waals surface area contributed by atoms with Gasteiger partial charge < -0.3 is 10.1 Å². The number of benzene rings is 1. The Balaban J connectivity index is 1.71. The summed E-state index contributed by atoms with van der Waals surface area (Å²) in [5, 5.41) is 17.9. The number of anilines is 1. The molecule has 0 saturated carbocycles. The number of aryl methyl sites for hydroxylation is 3. The van der Waals surface area contributed by atoms with Gasteiger partial charge in [0.2, 0.25) is 0 Å². The highest BCUT2D eigenvalue weighted by Gasteiger charge is 2.20. The predicted molar refractivity (Wildman–Crippen MR) is 113 cm³/mol. The molecule has 0 unspecified atom stereocenters. The van der Waals surface area contributed by atoms with Gasteiger partial charge in [0.05, 0.1) is 15.6 Å². The lowest BCUT2D eigenvalue weighted by molar-refractivity contribution is -0.384. The van der Waals surface area contributed by atoms with Crippen molar-refractivity contribution in [1.29, 1.82) is 0 Å². The summed E-state index contributed by atoms with van der Waals surface area (Å²) in [4.78, 5) is 39.3. The number of nitro groups is 1. The van der Waals surface area contributed by atoms with Crippen molar-refractivity contribution in [2.24, 2.45) is 0 Å². The van der Waals surface area contributed by atoms with E-state index < -0.39 is 23.4 Å². The molecule has 11 heteroatoms. The zero-order valence-electron chi connectivity index (χ0n) is 16.9. The van der Waals surface area contributed by atoms with Crippen molar-refractivity contribution >= 4 is 34.9 Å². The molecule has 1 amide bonds. The van der Waals surface area contributed by atoms with E-state index in [9.17, 15) is 19.7 Å². The lowest BCUT2D eigenvalue weighted by atomic mass is 10.2. The van der Waals surface area contributed by atoms with Crippen LogP contribution in [0.5, 0.6) is 0 Å². The quantitative estimate of drug-likeness (QED) is 0.350. The molecule has 1 aromatic carbocycles. The first-order chi connectivity index (χ1) is 14.7. The van der Waals surface area contributed by atoms with E-state index in [2.05, 4.69) is 15.4 Å². The molecule has 1 N–H and O–H groups in total. The third-order valence-corrected chi connectivity index (χ3v) is 4.51. The van der Waals surface area contributed by atoms with Gasteiger partial charge in [0.15, 0.2) is 18.1 Å². The molecule has 10 nitrogen and oxygen atoms in total. The molecule has 31 heavy (non-hydrogen) atoms. The summed E-state index contributed by atoms with van der Waals surface area (Å²) >= 11 is 6.07. The van der Waals surface area contributed by atoms with Gasteiger partial charge in [-0.1, -0.05) is 17.7 Å². The Bertz CT molecular complexity index is 1190. The highest BCUT2D eigenvalue weighted by molar-refractivity contribution is 6.33. The number of ether oxygens (including phenoxy) is 1. The largest absolute Gasteiger partial charge is 0.451 e. The molecular formula is C20H18ClN5O5. The average molecular weight is 444 g/mol. The highest BCUT2D eigenvalue weighted by atomic mass is 35.5. The van der Waals surface area contributed by atoms with Crippen LogP contribution in [0.25, 0.3) is 5.82 Å². The summed E-state index contributed by atoms with van der Waals surface area (Å²) in [7, 11) is 0. The molecule has 0 aliphatic heterocycles. The Morgan fingerprint density at radius 2 is 1.94 bits per heavy atom. The van der Waals surface area contributed by atoms with Crippen LogP contribution in [0.2, 0.25) is 5.02 Å². The van der Waals surface area contributed by atoms with Crippen LogP contribution in [-0.4, -0.2) is 38.2 Å². The van der Waals surface area contributed by atoms with E-state index in [-0.39, 0.29) is 22.1 Å². The van der Waals surface area contributed by atoms with Crippen LogP contribution in [-0.2, 0) is 9.53 Å². The average Bonchev–Trinajstić information content (AvgIpc) is 3.05. The first-order valence-electron chi connectivity index (χ1n) is 9.08. The van der Waals surface area contributed by atoms with Gasteiger partial charge in [-0.3, -0.25) is 14.9 Å². The molecule has 0 bridgehead atoms. The van der Waals surface area contributed by atoms with Crippen molar-refractivity contribution in [3.63, 3.8) is 0 Å². The fourth-order valence-corrected chi connectivity index (χ4v) is 3.02. The zero-order chi connectivity index (χ0) is 22.7. The molecule has 0 saturated heterocycles. The fraction of sp³-hybridized carbons (Fsp3) is 0.200. The van der Waals surface area contributed by atoms with Crippen LogP contribution in [0, 0.1) is 30.9 Å². The number of rotatable bonds is 6. The summed E-state index contributed by atoms with van der Waals surface area (Å²) in [6.07, 6.45) is 0. The summed E-state index contributed by atoms with van der Waals surface area (Å²) in [5.74, 6) is -1.30. The lowest BCUT2D eigenvalue weighted by Crippen LogP contribution is -2.22. The number of carbonyl (C=O) groups is 2. The number of carbonyl (C=O) groups excluding carboxylic acids is 2. The van der Waals surface area contributed by atoms with Gasteiger partial charge in [0.25, 0.3) is 11.6 Å². The van der Waals surface area contributed by atoms with Crippen molar-refractivity contribution < 1.29 is 19.2 Å². The third kappa shape index (κ3) is 5.04. The molecule has 0 fully saturated rings. The van der Waals surface area contributed by atoms with Gasteiger partial charge in [-0.05, 0) is 50.6 Å². The van der Waals surface area contributed by atoms with E-state index >= 15 is 0 Å². The zero-order valence-corrected chi connectivity index (χ0v) is 17.6. The Kier molecular flexibility index (Phi) is 6.30. The van der Waals surface area contributed by atoms with Crippen molar-refractivity contribution in [1.82, 2.24) is 14.8 Å². The van der Waals surface area contributed by atoms with Crippen molar-refractivity contribution in [3.05, 3.63) is 74.2 Å². The van der Waals surface area contributed by atoms with E-state index in [1.165, 1.54) is 18.2 Å². The molecule has 2 heterocycles. The summed E-state index contributed by atoms with van der Waals surface area (Å²) in [5.41, 5.74) is 1.81. The maximum atomic E-state index is 12.4. The molecular weight excluding hydrogens is 426 g/mol. The number of hydrogen-bond acceptors (Lipinski definition) is 7. The Hall–Kier alpha value is -3.79. The van der Waals surface area contributed by atoms with E-state index in [0.717, 1.165) is 11.4 Å². The van der Waals surface area contributed by atoms with E-state index in [1.54, 1.807) is 23.7 Å². The normalized spacial score (nSPS) is 10.6. The smallest absolute Gasteiger partial charge is 0.359 e. The van der Waals surface area contributed by atoms with Crippen LogP contribution in [0.15, 0.2) is 36.4 Å². The second-order valence-corrected chi connectivity index (χ2v) is 7.15. The standard InChI is InChI=1S/C20H18ClN5O5/c1-11-4-6-15(16(8-11)26(29)30)22-18(27)10-31-20(28)19-14(21)5-7-17(23-19)25-13(3)9-12(2)24-25/h4-9H,10H2,1-3H3,(H,22,27). The van der Waals surface area contributed by atoms with Crippen LogP contribution in [0.1, 0.15) is 27.4 Å². The molecule has 2 aromatic heterocycles. The van der Waals surface area contributed by atoms with Crippen molar-refractivity contribution in [2.45, 2.75) is 20.8 Å². The van der Waals surface area contributed by atoms with Crippen molar-refractivity contribution in [3.8, 4) is 5.82 Å². The molecule has 160 valence electrons. The van der Waals surface area contributed by atoms with E-state index in [4.69, 9.17) is 16.3 Å². The number of amides is 1. The van der Waals surface area contributed by atoms with Gasteiger partial charge in [-0.25, -0.2) is 14.5 Å². The third-order valence-electron chi connectivity index (χ3n) is 4.21. The minimum Gasteiger partial charge on any atom is -0.451 e. The predicted octanol–water partition coefficient (Wildman–Crippen LogP) is 3.55. The van der Waals surface area contributed by atoms with Gasteiger partial charge in [-0.15, -0.1) is 0 Å². The number of esters is 1. The van der Waals surface area contributed by atoms with Gasteiger partial charge in [-0.2, -0.15) is 5.10 Å². The van der Waals surface area contributed by atoms with Crippen LogP contribution >= 0.6 is 11.6 Å². The van der Waals surface area contributed by atoms with E-state index in [1.807, 2.05) is 19.9 Å². The molecule has 0 aliphatic rings. The minimum absolute atomic E-state index is 0.000620. The number of aromatic nitrogens is 3.